The number of halogens is 4. The summed E-state index contributed by atoms with van der Waals surface area (Å²) in [6.07, 6.45) is 3.01. The number of likely N-dealkylation sites (tertiary alicyclic amines) is 1. The van der Waals surface area contributed by atoms with E-state index in [4.69, 9.17) is 39.5 Å². The Bertz CT molecular complexity index is 886. The van der Waals surface area contributed by atoms with Crippen LogP contribution in [0.4, 0.5) is 5.82 Å². The van der Waals surface area contributed by atoms with E-state index < -0.39 is 0 Å². The van der Waals surface area contributed by atoms with Crippen molar-refractivity contribution < 1.29 is 4.74 Å². The second-order valence-electron chi connectivity index (χ2n) is 6.75. The second kappa shape index (κ2) is 8.26. The van der Waals surface area contributed by atoms with Gasteiger partial charge < -0.3 is 9.64 Å². The highest BCUT2D eigenvalue weighted by Gasteiger charge is 2.27. The van der Waals surface area contributed by atoms with E-state index >= 15 is 0 Å². The van der Waals surface area contributed by atoms with Crippen molar-refractivity contribution in [2.24, 2.45) is 4.99 Å². The van der Waals surface area contributed by atoms with Gasteiger partial charge in [0.15, 0.2) is 5.82 Å². The molecule has 0 spiro atoms. The van der Waals surface area contributed by atoms with Crippen molar-refractivity contribution in [3.8, 4) is 0 Å². The predicted molar refractivity (Wildman–Crippen MR) is 114 cm³/mol. The number of rotatable bonds is 3. The lowest BCUT2D eigenvalue weighted by Gasteiger charge is -2.34. The van der Waals surface area contributed by atoms with E-state index in [-0.39, 0.29) is 6.10 Å². The van der Waals surface area contributed by atoms with Crippen molar-refractivity contribution in [1.29, 1.82) is 0 Å². The highest BCUT2D eigenvalue weighted by molar-refractivity contribution is 9.10. The van der Waals surface area contributed by atoms with Gasteiger partial charge in [-0.1, -0.05) is 34.8 Å². The Hall–Kier alpha value is -0.850. The predicted octanol–water partition coefficient (Wildman–Crippen LogP) is 6.07. The van der Waals surface area contributed by atoms with E-state index in [1.54, 1.807) is 6.07 Å². The molecule has 142 valence electrons. The number of pyridine rings is 1. The minimum absolute atomic E-state index is 0.145. The van der Waals surface area contributed by atoms with Gasteiger partial charge in [-0.2, -0.15) is 0 Å². The van der Waals surface area contributed by atoms with Gasteiger partial charge in [0.1, 0.15) is 11.0 Å². The number of aromatic nitrogens is 1. The van der Waals surface area contributed by atoms with E-state index in [2.05, 4.69) is 30.8 Å². The summed E-state index contributed by atoms with van der Waals surface area (Å²) in [5, 5.41) is 1.70. The highest BCUT2D eigenvalue weighted by atomic mass is 79.9. The smallest absolute Gasteiger partial charge is 0.159 e. The van der Waals surface area contributed by atoms with Gasteiger partial charge in [0.25, 0.3) is 0 Å². The van der Waals surface area contributed by atoms with Crippen LogP contribution in [0.5, 0.6) is 0 Å². The standard InChI is InChI=1S/C19H17BrCl3N3O/c20-16-6-12-7-17(24-19(12)25-18(16)23)26-3-1-2-15(9-26)27-10-11-4-13(21)8-14(22)5-11/h4-6,8,15H,1-3,7,9-10H2. The molecule has 1 unspecified atom stereocenters. The van der Waals surface area contributed by atoms with Gasteiger partial charge in [-0.05, 0) is 58.6 Å². The van der Waals surface area contributed by atoms with E-state index in [1.807, 2.05) is 18.2 Å². The summed E-state index contributed by atoms with van der Waals surface area (Å²) in [6, 6.07) is 7.50. The molecule has 2 aromatic rings. The maximum Gasteiger partial charge on any atom is 0.159 e. The summed E-state index contributed by atoms with van der Waals surface area (Å²) in [5.74, 6) is 1.75. The third-order valence-electron chi connectivity index (χ3n) is 4.72. The first-order valence-corrected chi connectivity index (χ1v) is 10.6. The zero-order valence-corrected chi connectivity index (χ0v) is 18.2. The second-order valence-corrected chi connectivity index (χ2v) is 8.83. The van der Waals surface area contributed by atoms with Gasteiger partial charge in [0.2, 0.25) is 0 Å². The van der Waals surface area contributed by atoms with Gasteiger partial charge in [0.05, 0.1) is 17.2 Å². The summed E-state index contributed by atoms with van der Waals surface area (Å²) in [7, 11) is 0. The average molecular weight is 490 g/mol. The third-order valence-corrected chi connectivity index (χ3v) is 6.28. The van der Waals surface area contributed by atoms with Crippen molar-refractivity contribution in [1.82, 2.24) is 9.88 Å². The Morgan fingerprint density at radius 3 is 2.70 bits per heavy atom. The topological polar surface area (TPSA) is 37.7 Å². The summed E-state index contributed by atoms with van der Waals surface area (Å²) in [6.45, 7) is 2.29. The molecule has 4 rings (SSSR count). The summed E-state index contributed by atoms with van der Waals surface area (Å²) >= 11 is 21.6. The Morgan fingerprint density at radius 1 is 1.15 bits per heavy atom. The third kappa shape index (κ3) is 4.60. The molecule has 0 radical (unpaired) electrons. The Labute approximate surface area is 181 Å². The number of piperidine rings is 1. The zero-order valence-electron chi connectivity index (χ0n) is 14.4. The number of benzene rings is 1. The monoisotopic (exact) mass is 487 g/mol. The minimum Gasteiger partial charge on any atom is -0.372 e. The maximum atomic E-state index is 6.13. The fourth-order valence-corrected chi connectivity index (χ4v) is 4.52. The van der Waals surface area contributed by atoms with Gasteiger partial charge >= 0.3 is 0 Å². The highest BCUT2D eigenvalue weighted by Crippen LogP contribution is 2.33. The first kappa shape index (κ1) is 19.5. The minimum atomic E-state index is 0.145. The van der Waals surface area contributed by atoms with Gasteiger partial charge in [0, 0.05) is 35.1 Å². The molecule has 27 heavy (non-hydrogen) atoms. The number of hydrogen-bond donors (Lipinski definition) is 0. The van der Waals surface area contributed by atoms with Crippen LogP contribution in [0.15, 0.2) is 33.7 Å². The molecule has 0 bridgehead atoms. The van der Waals surface area contributed by atoms with Crippen LogP contribution in [-0.4, -0.2) is 34.9 Å². The molecular formula is C19H17BrCl3N3O. The average Bonchev–Trinajstić information content (AvgIpc) is 3.03. The van der Waals surface area contributed by atoms with Crippen molar-refractivity contribution in [2.45, 2.75) is 32.0 Å². The molecule has 8 heteroatoms. The fraction of sp³-hybridized carbons (Fsp3) is 0.368. The number of nitrogens with zero attached hydrogens (tertiary/aromatic N) is 3. The Morgan fingerprint density at radius 2 is 1.93 bits per heavy atom. The van der Waals surface area contributed by atoms with E-state index in [0.717, 1.165) is 59.6 Å². The lowest BCUT2D eigenvalue weighted by molar-refractivity contribution is 0.00525. The van der Waals surface area contributed by atoms with Crippen molar-refractivity contribution in [3.63, 3.8) is 0 Å². The molecule has 1 atom stereocenters. The Kier molecular flexibility index (Phi) is 5.95. The summed E-state index contributed by atoms with van der Waals surface area (Å²) < 4.78 is 6.93. The van der Waals surface area contributed by atoms with E-state index in [0.29, 0.717) is 21.8 Å². The molecule has 1 fully saturated rings. The molecular weight excluding hydrogens is 472 g/mol. The van der Waals surface area contributed by atoms with Crippen LogP contribution >= 0.6 is 50.7 Å². The summed E-state index contributed by atoms with van der Waals surface area (Å²) in [5.41, 5.74) is 2.08. The van der Waals surface area contributed by atoms with Gasteiger partial charge in [-0.15, -0.1) is 0 Å². The van der Waals surface area contributed by atoms with E-state index in [1.165, 1.54) is 0 Å². The normalized spacial score (nSPS) is 19.2. The number of hydrogen-bond acceptors (Lipinski definition) is 4. The SMILES string of the molecule is Clc1cc(Cl)cc(COC2CCCN(C3=Nc4nc(Cl)c(Br)cc4C3)C2)c1. The molecule has 4 nitrogen and oxygen atoms in total. The quantitative estimate of drug-likeness (QED) is 0.491. The molecule has 2 aliphatic rings. The number of aliphatic imine (C=N–C) groups is 1. The molecule has 0 saturated carbocycles. The fourth-order valence-electron chi connectivity index (χ4n) is 3.45. The van der Waals surface area contributed by atoms with Crippen LogP contribution in [0.25, 0.3) is 0 Å². The maximum absolute atomic E-state index is 6.13. The van der Waals surface area contributed by atoms with Crippen LogP contribution in [0.1, 0.15) is 24.0 Å². The Balaban J connectivity index is 1.39. The molecule has 0 aliphatic carbocycles. The molecule has 3 heterocycles. The van der Waals surface area contributed by atoms with Crippen LogP contribution in [0, 0.1) is 0 Å². The lowest BCUT2D eigenvalue weighted by atomic mass is 10.1. The number of fused-ring (bicyclic) bond motifs is 1. The number of ether oxygens (including phenoxy) is 1. The van der Waals surface area contributed by atoms with E-state index in [9.17, 15) is 0 Å². The zero-order chi connectivity index (χ0) is 19.0. The first-order valence-electron chi connectivity index (χ1n) is 8.72. The molecule has 1 saturated heterocycles. The molecule has 2 aliphatic heterocycles. The lowest BCUT2D eigenvalue weighted by Crippen LogP contribution is -2.43. The molecule has 0 amide bonds. The van der Waals surface area contributed by atoms with Crippen LogP contribution in [0.2, 0.25) is 15.2 Å². The molecule has 1 aromatic carbocycles. The van der Waals surface area contributed by atoms with Crippen molar-refractivity contribution in [3.05, 3.63) is 55.1 Å². The van der Waals surface area contributed by atoms with Crippen LogP contribution in [-0.2, 0) is 17.8 Å². The van der Waals surface area contributed by atoms with Crippen molar-refractivity contribution >= 4 is 62.4 Å². The summed E-state index contributed by atoms with van der Waals surface area (Å²) in [4.78, 5) is 11.3. The van der Waals surface area contributed by atoms with Gasteiger partial charge in [-0.25, -0.2) is 9.98 Å². The van der Waals surface area contributed by atoms with Crippen LogP contribution in [0.3, 0.4) is 0 Å². The van der Waals surface area contributed by atoms with Gasteiger partial charge in [-0.3, -0.25) is 0 Å². The van der Waals surface area contributed by atoms with Crippen molar-refractivity contribution in [2.75, 3.05) is 13.1 Å². The molecule has 0 N–H and O–H groups in total. The van der Waals surface area contributed by atoms with Crippen LogP contribution < -0.4 is 0 Å². The molecule has 1 aromatic heterocycles. The first-order chi connectivity index (χ1) is 13.0. The largest absolute Gasteiger partial charge is 0.372 e. The number of amidine groups is 1.